The van der Waals surface area contributed by atoms with Crippen molar-refractivity contribution in [3.05, 3.63) is 59.4 Å². The molecule has 2 amide bonds. The second-order valence-electron chi connectivity index (χ2n) is 5.02. The molecule has 0 saturated heterocycles. The highest BCUT2D eigenvalue weighted by molar-refractivity contribution is 5.98. The summed E-state index contributed by atoms with van der Waals surface area (Å²) in [4.78, 5) is 30.0. The maximum absolute atomic E-state index is 12.1. The highest BCUT2D eigenvalue weighted by atomic mass is 16.2. The fourth-order valence-corrected chi connectivity index (χ4v) is 1.84. The van der Waals surface area contributed by atoms with Crippen LogP contribution in [-0.2, 0) is 0 Å². The van der Waals surface area contributed by atoms with Crippen LogP contribution in [0.4, 0.5) is 5.69 Å². The van der Waals surface area contributed by atoms with E-state index >= 15 is 0 Å². The number of aryl methyl sites for hydroxylation is 1. The van der Waals surface area contributed by atoms with Crippen LogP contribution in [-0.4, -0.2) is 30.9 Å². The number of nitrogens with zero attached hydrogens (tertiary/aromatic N) is 2. The SMILES string of the molecule is Cc1cccc(C(=O)NNC(=O)c2cccc(N(C)C)c2)n1. The Morgan fingerprint density at radius 3 is 2.36 bits per heavy atom. The van der Waals surface area contributed by atoms with Gasteiger partial charge in [0, 0.05) is 31.0 Å². The monoisotopic (exact) mass is 298 g/mol. The summed E-state index contributed by atoms with van der Waals surface area (Å²) in [5.74, 6) is -0.842. The molecule has 1 aromatic heterocycles. The minimum atomic E-state index is -0.458. The van der Waals surface area contributed by atoms with Crippen molar-refractivity contribution in [1.29, 1.82) is 0 Å². The number of aromatic nitrogens is 1. The van der Waals surface area contributed by atoms with E-state index < -0.39 is 5.91 Å². The molecule has 0 aliphatic rings. The van der Waals surface area contributed by atoms with Gasteiger partial charge in [0.1, 0.15) is 5.69 Å². The van der Waals surface area contributed by atoms with Crippen molar-refractivity contribution in [2.45, 2.75) is 6.92 Å². The lowest BCUT2D eigenvalue weighted by Gasteiger charge is -2.13. The van der Waals surface area contributed by atoms with E-state index in [4.69, 9.17) is 0 Å². The Bertz CT molecular complexity index is 698. The van der Waals surface area contributed by atoms with E-state index in [1.165, 1.54) is 0 Å². The second kappa shape index (κ2) is 6.71. The summed E-state index contributed by atoms with van der Waals surface area (Å²) in [5.41, 5.74) is 7.09. The number of hydrogen-bond acceptors (Lipinski definition) is 4. The van der Waals surface area contributed by atoms with Crippen molar-refractivity contribution in [3.8, 4) is 0 Å². The largest absolute Gasteiger partial charge is 0.378 e. The highest BCUT2D eigenvalue weighted by Gasteiger charge is 2.10. The third-order valence-electron chi connectivity index (χ3n) is 3.04. The smallest absolute Gasteiger partial charge is 0.288 e. The number of carbonyl (C=O) groups is 2. The van der Waals surface area contributed by atoms with E-state index in [2.05, 4.69) is 15.8 Å². The summed E-state index contributed by atoms with van der Waals surface area (Å²) in [7, 11) is 3.78. The summed E-state index contributed by atoms with van der Waals surface area (Å²) in [6.45, 7) is 1.79. The van der Waals surface area contributed by atoms with E-state index in [1.54, 1.807) is 43.3 Å². The van der Waals surface area contributed by atoms with Gasteiger partial charge < -0.3 is 4.90 Å². The number of nitrogens with one attached hydrogen (secondary N) is 2. The Morgan fingerprint density at radius 2 is 1.68 bits per heavy atom. The molecule has 2 rings (SSSR count). The van der Waals surface area contributed by atoms with E-state index in [0.29, 0.717) is 5.56 Å². The highest BCUT2D eigenvalue weighted by Crippen LogP contribution is 2.13. The van der Waals surface area contributed by atoms with Crippen LogP contribution in [0.15, 0.2) is 42.5 Å². The molecule has 2 aromatic rings. The molecule has 6 nitrogen and oxygen atoms in total. The van der Waals surface area contributed by atoms with Gasteiger partial charge in [0.2, 0.25) is 0 Å². The predicted octanol–water partition coefficient (Wildman–Crippen LogP) is 1.53. The van der Waals surface area contributed by atoms with Gasteiger partial charge in [-0.15, -0.1) is 0 Å². The summed E-state index contributed by atoms with van der Waals surface area (Å²) in [5, 5.41) is 0. The Balaban J connectivity index is 2.01. The van der Waals surface area contributed by atoms with Crippen LogP contribution in [0.2, 0.25) is 0 Å². The van der Waals surface area contributed by atoms with Gasteiger partial charge in [-0.2, -0.15) is 0 Å². The number of hydrogen-bond donors (Lipinski definition) is 2. The molecule has 0 radical (unpaired) electrons. The van der Waals surface area contributed by atoms with Crippen molar-refractivity contribution in [2.24, 2.45) is 0 Å². The summed E-state index contributed by atoms with van der Waals surface area (Å²) < 4.78 is 0. The number of amides is 2. The zero-order valence-corrected chi connectivity index (χ0v) is 12.8. The van der Waals surface area contributed by atoms with Crippen molar-refractivity contribution in [2.75, 3.05) is 19.0 Å². The Labute approximate surface area is 129 Å². The van der Waals surface area contributed by atoms with Crippen LogP contribution in [0.5, 0.6) is 0 Å². The fourth-order valence-electron chi connectivity index (χ4n) is 1.84. The van der Waals surface area contributed by atoms with E-state index in [1.807, 2.05) is 25.1 Å². The van der Waals surface area contributed by atoms with Gasteiger partial charge in [-0.05, 0) is 37.3 Å². The summed E-state index contributed by atoms with van der Waals surface area (Å²) >= 11 is 0. The second-order valence-corrected chi connectivity index (χ2v) is 5.02. The van der Waals surface area contributed by atoms with Gasteiger partial charge in [-0.3, -0.25) is 20.4 Å². The van der Waals surface area contributed by atoms with Gasteiger partial charge in [0.15, 0.2) is 0 Å². The average Bonchev–Trinajstić information content (AvgIpc) is 2.52. The normalized spacial score (nSPS) is 9.95. The first-order valence-corrected chi connectivity index (χ1v) is 6.79. The molecule has 2 N–H and O–H groups in total. The molecule has 0 unspecified atom stereocenters. The Kier molecular flexibility index (Phi) is 4.73. The molecule has 0 aliphatic heterocycles. The molecule has 6 heteroatoms. The number of carbonyl (C=O) groups excluding carboxylic acids is 2. The minimum absolute atomic E-state index is 0.252. The third-order valence-corrected chi connectivity index (χ3v) is 3.04. The molecular formula is C16H18N4O2. The number of rotatable bonds is 3. The molecule has 0 fully saturated rings. The zero-order valence-electron chi connectivity index (χ0n) is 12.8. The molecule has 114 valence electrons. The number of benzene rings is 1. The third kappa shape index (κ3) is 3.82. The van der Waals surface area contributed by atoms with Gasteiger partial charge in [-0.1, -0.05) is 12.1 Å². The van der Waals surface area contributed by atoms with Gasteiger partial charge in [0.05, 0.1) is 0 Å². The van der Waals surface area contributed by atoms with Crippen molar-refractivity contribution < 1.29 is 9.59 Å². The average molecular weight is 298 g/mol. The predicted molar refractivity (Wildman–Crippen MR) is 84.7 cm³/mol. The van der Waals surface area contributed by atoms with Crippen LogP contribution in [0.3, 0.4) is 0 Å². The van der Waals surface area contributed by atoms with Crippen LogP contribution in [0.25, 0.3) is 0 Å². The lowest BCUT2D eigenvalue weighted by Crippen LogP contribution is -2.42. The van der Waals surface area contributed by atoms with Crippen molar-refractivity contribution in [1.82, 2.24) is 15.8 Å². The lowest BCUT2D eigenvalue weighted by atomic mass is 10.2. The molecule has 0 spiro atoms. The molecule has 0 bridgehead atoms. The maximum Gasteiger partial charge on any atom is 0.288 e. The van der Waals surface area contributed by atoms with Gasteiger partial charge >= 0.3 is 0 Å². The number of hydrazine groups is 1. The van der Waals surface area contributed by atoms with E-state index in [-0.39, 0.29) is 11.6 Å². The molecule has 0 aliphatic carbocycles. The topological polar surface area (TPSA) is 74.3 Å². The molecule has 0 saturated carbocycles. The fraction of sp³-hybridized carbons (Fsp3) is 0.188. The van der Waals surface area contributed by atoms with Crippen molar-refractivity contribution >= 4 is 17.5 Å². The summed E-state index contributed by atoms with van der Waals surface area (Å²) in [6.07, 6.45) is 0. The number of pyridine rings is 1. The number of anilines is 1. The lowest BCUT2D eigenvalue weighted by molar-refractivity contribution is 0.0844. The van der Waals surface area contributed by atoms with Gasteiger partial charge in [-0.25, -0.2) is 4.98 Å². The van der Waals surface area contributed by atoms with Crippen molar-refractivity contribution in [3.63, 3.8) is 0 Å². The standard InChI is InChI=1S/C16H18N4O2/c1-11-6-4-9-14(17-11)16(22)19-18-15(21)12-7-5-8-13(10-12)20(2)3/h4-10H,1-3H3,(H,18,21)(H,19,22). The van der Waals surface area contributed by atoms with E-state index in [0.717, 1.165) is 11.4 Å². The Hall–Kier alpha value is -2.89. The zero-order chi connectivity index (χ0) is 16.1. The van der Waals surface area contributed by atoms with E-state index in [9.17, 15) is 9.59 Å². The molecular weight excluding hydrogens is 280 g/mol. The summed E-state index contributed by atoms with van der Waals surface area (Å²) in [6, 6.07) is 12.2. The molecule has 0 atom stereocenters. The van der Waals surface area contributed by atoms with Crippen LogP contribution < -0.4 is 15.8 Å². The first-order chi connectivity index (χ1) is 10.5. The van der Waals surface area contributed by atoms with Gasteiger partial charge in [0.25, 0.3) is 11.8 Å². The molecule has 1 heterocycles. The minimum Gasteiger partial charge on any atom is -0.378 e. The quantitative estimate of drug-likeness (QED) is 0.843. The maximum atomic E-state index is 12.1. The molecule has 22 heavy (non-hydrogen) atoms. The van der Waals surface area contributed by atoms with Crippen LogP contribution >= 0.6 is 0 Å². The first-order valence-electron chi connectivity index (χ1n) is 6.79. The van der Waals surface area contributed by atoms with Crippen LogP contribution in [0, 0.1) is 6.92 Å². The first kappa shape index (κ1) is 15.5. The molecule has 1 aromatic carbocycles. The Morgan fingerprint density at radius 1 is 1.00 bits per heavy atom. The van der Waals surface area contributed by atoms with Crippen LogP contribution in [0.1, 0.15) is 26.5 Å².